The summed E-state index contributed by atoms with van der Waals surface area (Å²) in [5.41, 5.74) is -0.780. The van der Waals surface area contributed by atoms with Crippen molar-refractivity contribution in [1.82, 2.24) is 0 Å². The second-order valence-electron chi connectivity index (χ2n) is 6.99. The van der Waals surface area contributed by atoms with Gasteiger partial charge in [0.2, 0.25) is 5.91 Å². The molecule has 0 saturated carbocycles. The monoisotopic (exact) mass is 526 g/mol. The first-order valence-corrected chi connectivity index (χ1v) is 11.8. The van der Waals surface area contributed by atoms with Gasteiger partial charge in [0.05, 0.1) is 31.9 Å². The maximum atomic E-state index is 14.0. The molecule has 0 saturated heterocycles. The van der Waals surface area contributed by atoms with Crippen LogP contribution in [0.15, 0.2) is 59.5 Å². The van der Waals surface area contributed by atoms with Crippen LogP contribution < -0.4 is 23.8 Å². The normalized spacial score (nSPS) is 11.0. The average Bonchev–Trinajstić information content (AvgIpc) is 2.84. The molecular weight excluding hydrogens is 506 g/mol. The van der Waals surface area contributed by atoms with E-state index in [0.717, 1.165) is 18.2 Å². The molecule has 0 aliphatic heterocycles. The fourth-order valence-corrected chi connectivity index (χ4v) is 4.79. The molecule has 0 aliphatic rings. The van der Waals surface area contributed by atoms with E-state index in [-0.39, 0.29) is 32.9 Å². The van der Waals surface area contributed by atoms with E-state index < -0.39 is 39.8 Å². The van der Waals surface area contributed by atoms with Crippen LogP contribution in [0.3, 0.4) is 0 Å². The van der Waals surface area contributed by atoms with Gasteiger partial charge in [0, 0.05) is 11.1 Å². The molecule has 3 rings (SSSR count). The smallest absolute Gasteiger partial charge is 0.265 e. The highest BCUT2D eigenvalue weighted by Gasteiger charge is 2.31. The van der Waals surface area contributed by atoms with Gasteiger partial charge in [-0.3, -0.25) is 9.10 Å². The van der Waals surface area contributed by atoms with E-state index in [1.165, 1.54) is 57.7 Å². The molecule has 0 radical (unpaired) electrons. The third-order valence-corrected chi connectivity index (χ3v) is 6.86. The number of rotatable bonds is 9. The summed E-state index contributed by atoms with van der Waals surface area (Å²) in [6.45, 7) is -0.860. The van der Waals surface area contributed by atoms with Gasteiger partial charge in [-0.15, -0.1) is 0 Å². The minimum atomic E-state index is -4.46. The Bertz CT molecular complexity index is 1330. The van der Waals surface area contributed by atoms with E-state index >= 15 is 0 Å². The number of nitrogens with zero attached hydrogens (tertiary/aromatic N) is 1. The molecule has 1 amide bonds. The van der Waals surface area contributed by atoms with E-state index in [0.29, 0.717) is 4.31 Å². The van der Waals surface area contributed by atoms with Crippen LogP contribution in [0.4, 0.5) is 20.2 Å². The molecule has 12 heteroatoms. The predicted octanol–water partition coefficient (Wildman–Crippen LogP) is 4.48. The molecule has 0 unspecified atom stereocenters. The second-order valence-corrected chi connectivity index (χ2v) is 9.29. The molecule has 0 aliphatic carbocycles. The van der Waals surface area contributed by atoms with Crippen molar-refractivity contribution in [3.63, 3.8) is 0 Å². The standard InChI is InChI=1S/C23H21ClF2N2O6S/c1-32-19-9-7-14(24)11-18(19)28(13-22(29)27-23-16(25)5-4-6-17(23)26)35(30,31)15-8-10-20(33-2)21(12-15)34-3/h4-12H,13H2,1-3H3,(H,27,29). The number of sulfonamides is 1. The first kappa shape index (κ1) is 26.0. The zero-order chi connectivity index (χ0) is 25.8. The number of methoxy groups -OCH3 is 3. The maximum Gasteiger partial charge on any atom is 0.265 e. The second kappa shape index (κ2) is 10.8. The number of carbonyl (C=O) groups excluding carboxylic acids is 1. The fourth-order valence-electron chi connectivity index (χ4n) is 3.19. The van der Waals surface area contributed by atoms with Crippen LogP contribution in [0.1, 0.15) is 0 Å². The number of nitrogens with one attached hydrogen (secondary N) is 1. The van der Waals surface area contributed by atoms with Crippen LogP contribution in [0.25, 0.3) is 0 Å². The van der Waals surface area contributed by atoms with Crippen LogP contribution in [0.2, 0.25) is 5.02 Å². The Balaban J connectivity index is 2.10. The van der Waals surface area contributed by atoms with E-state index in [1.807, 2.05) is 0 Å². The van der Waals surface area contributed by atoms with Crippen LogP contribution in [0.5, 0.6) is 17.2 Å². The highest BCUT2D eigenvalue weighted by atomic mass is 35.5. The van der Waals surface area contributed by atoms with Gasteiger partial charge in [0.1, 0.15) is 29.6 Å². The number of anilines is 2. The lowest BCUT2D eigenvalue weighted by molar-refractivity contribution is -0.114. The Hall–Kier alpha value is -3.57. The van der Waals surface area contributed by atoms with Gasteiger partial charge >= 0.3 is 0 Å². The van der Waals surface area contributed by atoms with E-state index in [4.69, 9.17) is 25.8 Å². The van der Waals surface area contributed by atoms with Crippen molar-refractivity contribution in [3.05, 3.63) is 71.3 Å². The van der Waals surface area contributed by atoms with Crippen molar-refractivity contribution >= 4 is 38.9 Å². The molecule has 0 spiro atoms. The van der Waals surface area contributed by atoms with Crippen molar-refractivity contribution in [2.24, 2.45) is 0 Å². The topological polar surface area (TPSA) is 94.2 Å². The Morgan fingerprint density at radius 2 is 1.51 bits per heavy atom. The van der Waals surface area contributed by atoms with Gasteiger partial charge in [-0.2, -0.15) is 0 Å². The lowest BCUT2D eigenvalue weighted by atomic mass is 10.2. The zero-order valence-electron chi connectivity index (χ0n) is 18.8. The van der Waals surface area contributed by atoms with Crippen molar-refractivity contribution in [2.45, 2.75) is 4.90 Å². The van der Waals surface area contributed by atoms with E-state index in [2.05, 4.69) is 5.32 Å². The van der Waals surface area contributed by atoms with Crippen LogP contribution in [-0.2, 0) is 14.8 Å². The Kier molecular flexibility index (Phi) is 8.03. The summed E-state index contributed by atoms with van der Waals surface area (Å²) in [6, 6.07) is 11.1. The molecule has 3 aromatic rings. The Labute approximate surface area is 206 Å². The number of carbonyl (C=O) groups is 1. The first-order chi connectivity index (χ1) is 16.6. The number of amides is 1. The molecule has 0 heterocycles. The van der Waals surface area contributed by atoms with Crippen molar-refractivity contribution < 1.29 is 36.2 Å². The third-order valence-electron chi connectivity index (χ3n) is 4.87. The van der Waals surface area contributed by atoms with Gasteiger partial charge in [-0.05, 0) is 42.5 Å². The molecule has 0 aromatic heterocycles. The summed E-state index contributed by atoms with van der Waals surface area (Å²) in [6.07, 6.45) is 0. The van der Waals surface area contributed by atoms with Gasteiger partial charge in [-0.25, -0.2) is 17.2 Å². The van der Waals surface area contributed by atoms with Crippen molar-refractivity contribution in [3.8, 4) is 17.2 Å². The number of hydrogen-bond acceptors (Lipinski definition) is 6. The van der Waals surface area contributed by atoms with Gasteiger partial charge in [-0.1, -0.05) is 17.7 Å². The highest BCUT2D eigenvalue weighted by Crippen LogP contribution is 2.37. The van der Waals surface area contributed by atoms with Gasteiger partial charge < -0.3 is 19.5 Å². The van der Waals surface area contributed by atoms with Gasteiger partial charge in [0.25, 0.3) is 10.0 Å². The number of halogens is 3. The molecular formula is C23H21ClF2N2O6S. The quantitative estimate of drug-likeness (QED) is 0.442. The molecule has 0 atom stereocenters. The van der Waals surface area contributed by atoms with E-state index in [1.54, 1.807) is 0 Å². The largest absolute Gasteiger partial charge is 0.495 e. The fraction of sp³-hybridized carbons (Fsp3) is 0.174. The summed E-state index contributed by atoms with van der Waals surface area (Å²) in [4.78, 5) is 12.6. The summed E-state index contributed by atoms with van der Waals surface area (Å²) in [7, 11) is -0.424. The molecule has 186 valence electrons. The molecule has 8 nitrogen and oxygen atoms in total. The molecule has 35 heavy (non-hydrogen) atoms. The number of benzene rings is 3. The summed E-state index contributed by atoms with van der Waals surface area (Å²) < 4.78 is 71.8. The predicted molar refractivity (Wildman–Crippen MR) is 127 cm³/mol. The summed E-state index contributed by atoms with van der Waals surface area (Å²) in [5.74, 6) is -2.56. The molecule has 3 aromatic carbocycles. The molecule has 1 N–H and O–H groups in total. The SMILES string of the molecule is COc1ccc(S(=O)(=O)N(CC(=O)Nc2c(F)cccc2F)c2cc(Cl)ccc2OC)cc1OC. The van der Waals surface area contributed by atoms with Gasteiger partial charge in [0.15, 0.2) is 11.5 Å². The summed E-state index contributed by atoms with van der Waals surface area (Å²) in [5, 5.41) is 2.24. The summed E-state index contributed by atoms with van der Waals surface area (Å²) >= 11 is 6.10. The lowest BCUT2D eigenvalue weighted by Gasteiger charge is -2.26. The first-order valence-electron chi connectivity index (χ1n) is 9.94. The van der Waals surface area contributed by atoms with Crippen LogP contribution >= 0.6 is 11.6 Å². The molecule has 0 fully saturated rings. The minimum absolute atomic E-state index is 0.0704. The molecule has 0 bridgehead atoms. The Morgan fingerprint density at radius 1 is 0.914 bits per heavy atom. The van der Waals surface area contributed by atoms with Crippen LogP contribution in [0, 0.1) is 11.6 Å². The minimum Gasteiger partial charge on any atom is -0.495 e. The van der Waals surface area contributed by atoms with Crippen LogP contribution in [-0.4, -0.2) is 42.2 Å². The Morgan fingerprint density at radius 3 is 2.11 bits per heavy atom. The third kappa shape index (κ3) is 5.57. The number of ether oxygens (including phenoxy) is 3. The number of hydrogen-bond donors (Lipinski definition) is 1. The van der Waals surface area contributed by atoms with Crippen molar-refractivity contribution in [1.29, 1.82) is 0 Å². The number of para-hydroxylation sites is 1. The average molecular weight is 527 g/mol. The zero-order valence-corrected chi connectivity index (χ0v) is 20.4. The lowest BCUT2D eigenvalue weighted by Crippen LogP contribution is -2.38. The van der Waals surface area contributed by atoms with E-state index in [9.17, 15) is 22.0 Å². The highest BCUT2D eigenvalue weighted by molar-refractivity contribution is 7.92. The maximum absolute atomic E-state index is 14.0. The van der Waals surface area contributed by atoms with Crippen molar-refractivity contribution in [2.75, 3.05) is 37.5 Å².